The van der Waals surface area contributed by atoms with Crippen molar-refractivity contribution in [1.82, 2.24) is 14.5 Å². The van der Waals surface area contributed by atoms with Crippen LogP contribution in [0.3, 0.4) is 0 Å². The average Bonchev–Trinajstić information content (AvgIpc) is 3.25. The number of carbonyl (C=O) groups excluding carboxylic acids is 2. The molecule has 4 heterocycles. The number of carbonyl (C=O) groups is 2. The topological polar surface area (TPSA) is 111 Å². The molecule has 0 fully saturated rings. The van der Waals surface area contributed by atoms with Crippen LogP contribution in [0.2, 0.25) is 25.7 Å². The Hall–Kier alpha value is -3.50. The Morgan fingerprint density at radius 1 is 1.21 bits per heavy atom. The Balaban J connectivity index is 1.67. The number of aromatic nitrogens is 2. The number of benzene rings is 1. The fraction of sp³-hybridized carbons (Fsp3) is 0.448. The number of esters is 1. The van der Waals surface area contributed by atoms with Gasteiger partial charge in [0.15, 0.2) is 12.2 Å². The second-order valence-electron chi connectivity index (χ2n) is 11.8. The first-order valence-electron chi connectivity index (χ1n) is 13.3. The van der Waals surface area contributed by atoms with E-state index >= 15 is 0 Å². The number of fused-ring (bicyclic) bond motifs is 5. The highest BCUT2D eigenvalue weighted by Gasteiger charge is 2.45. The van der Waals surface area contributed by atoms with E-state index in [2.05, 4.69) is 19.6 Å². The molecule has 0 radical (unpaired) electrons. The highest BCUT2D eigenvalue weighted by Crippen LogP contribution is 2.41. The molecule has 39 heavy (non-hydrogen) atoms. The molecule has 9 nitrogen and oxygen atoms in total. The normalized spacial score (nSPS) is 17.9. The number of aliphatic hydroxyl groups is 1. The molecule has 5 rings (SSSR count). The predicted molar refractivity (Wildman–Crippen MR) is 151 cm³/mol. The standard InChI is InChI=1S/C29H35N3O6Si/c1-7-29(36)22-13-24-26-20(14-32(24)27(34)21(22)15-38-28(29)35)18(10-11-39(4,5)6)19-12-17(8-9-23(19)30-26)37-16-25(33)31(2)3/h8-9,12-13,36H,7,10-11,14-16H2,1-6H3/t29-/m0/s1. The van der Waals surface area contributed by atoms with E-state index in [0.29, 0.717) is 34.8 Å². The van der Waals surface area contributed by atoms with Gasteiger partial charge in [0.05, 0.1) is 29.0 Å². The highest BCUT2D eigenvalue weighted by atomic mass is 28.3. The number of rotatable bonds is 7. The zero-order valence-electron chi connectivity index (χ0n) is 23.4. The van der Waals surface area contributed by atoms with Gasteiger partial charge in [-0.3, -0.25) is 9.59 Å². The molecule has 0 saturated carbocycles. The monoisotopic (exact) mass is 549 g/mol. The summed E-state index contributed by atoms with van der Waals surface area (Å²) in [4.78, 5) is 44.7. The van der Waals surface area contributed by atoms with Gasteiger partial charge in [-0.15, -0.1) is 0 Å². The number of hydrogen-bond donors (Lipinski definition) is 1. The van der Waals surface area contributed by atoms with Crippen molar-refractivity contribution in [3.05, 3.63) is 56.9 Å². The predicted octanol–water partition coefficient (Wildman–Crippen LogP) is 3.43. The molecule has 1 aromatic carbocycles. The summed E-state index contributed by atoms with van der Waals surface area (Å²) in [6.45, 7) is 8.81. The van der Waals surface area contributed by atoms with Crippen molar-refractivity contribution in [1.29, 1.82) is 0 Å². The number of likely N-dealkylation sites (N-methyl/N-ethyl adjacent to an activating group) is 1. The summed E-state index contributed by atoms with van der Waals surface area (Å²) >= 11 is 0. The minimum absolute atomic E-state index is 0.0609. The second-order valence-corrected chi connectivity index (χ2v) is 17.5. The Bertz CT molecular complexity index is 1570. The average molecular weight is 550 g/mol. The molecule has 206 valence electrons. The van der Waals surface area contributed by atoms with E-state index in [-0.39, 0.29) is 31.1 Å². The van der Waals surface area contributed by atoms with Gasteiger partial charge in [-0.05, 0) is 42.7 Å². The summed E-state index contributed by atoms with van der Waals surface area (Å²) in [5.74, 6) is -0.280. The fourth-order valence-electron chi connectivity index (χ4n) is 5.29. The molecule has 10 heteroatoms. The Kier molecular flexibility index (Phi) is 6.67. The lowest BCUT2D eigenvalue weighted by molar-refractivity contribution is -0.172. The highest BCUT2D eigenvalue weighted by molar-refractivity contribution is 6.76. The lowest BCUT2D eigenvalue weighted by Crippen LogP contribution is -2.44. The van der Waals surface area contributed by atoms with Crippen LogP contribution in [0, 0.1) is 0 Å². The zero-order valence-corrected chi connectivity index (χ0v) is 24.4. The van der Waals surface area contributed by atoms with E-state index in [1.165, 1.54) is 4.90 Å². The number of pyridine rings is 2. The van der Waals surface area contributed by atoms with Gasteiger partial charge in [0.25, 0.3) is 11.5 Å². The third kappa shape index (κ3) is 4.65. The van der Waals surface area contributed by atoms with Crippen molar-refractivity contribution in [3.63, 3.8) is 0 Å². The van der Waals surface area contributed by atoms with Crippen LogP contribution in [0.25, 0.3) is 22.3 Å². The van der Waals surface area contributed by atoms with Gasteiger partial charge in [0, 0.05) is 38.7 Å². The SMILES string of the molecule is CC[C@@]1(O)C(=O)OCc2c1cc1n(c2=O)Cc2c-1nc1ccc(OCC(=O)N(C)C)cc1c2CC[Si](C)(C)C. The number of aryl methyl sites for hydroxylation is 1. The Morgan fingerprint density at radius 3 is 2.62 bits per heavy atom. The molecule has 2 aliphatic rings. The first-order chi connectivity index (χ1) is 18.3. The maximum atomic E-state index is 13.6. The fourth-order valence-corrected chi connectivity index (χ4v) is 6.29. The third-order valence-electron chi connectivity index (χ3n) is 7.76. The van der Waals surface area contributed by atoms with Crippen LogP contribution in [0.15, 0.2) is 29.1 Å². The van der Waals surface area contributed by atoms with Gasteiger partial charge >= 0.3 is 5.97 Å². The summed E-state index contributed by atoms with van der Waals surface area (Å²) in [7, 11) is 1.96. The first-order valence-corrected chi connectivity index (χ1v) is 17.0. The molecular weight excluding hydrogens is 514 g/mol. The second kappa shape index (κ2) is 9.60. The number of ether oxygens (including phenoxy) is 2. The number of cyclic esters (lactones) is 1. The third-order valence-corrected chi connectivity index (χ3v) is 9.51. The quantitative estimate of drug-likeness (QED) is 0.278. The first kappa shape index (κ1) is 27.1. The van der Waals surface area contributed by atoms with Crippen LogP contribution >= 0.6 is 0 Å². The van der Waals surface area contributed by atoms with Gasteiger partial charge in [-0.2, -0.15) is 0 Å². The van der Waals surface area contributed by atoms with Crippen molar-refractivity contribution in [2.45, 2.75) is 64.2 Å². The van der Waals surface area contributed by atoms with Gasteiger partial charge in [0.2, 0.25) is 0 Å². The van der Waals surface area contributed by atoms with E-state index < -0.39 is 19.6 Å². The van der Waals surface area contributed by atoms with Crippen LogP contribution in [-0.2, 0) is 39.5 Å². The van der Waals surface area contributed by atoms with Gasteiger partial charge in [0.1, 0.15) is 12.4 Å². The van der Waals surface area contributed by atoms with E-state index in [4.69, 9.17) is 14.5 Å². The summed E-state index contributed by atoms with van der Waals surface area (Å²) < 4.78 is 12.7. The molecule has 0 unspecified atom stereocenters. The molecule has 1 amide bonds. The molecule has 0 aliphatic carbocycles. The van der Waals surface area contributed by atoms with Crippen molar-refractivity contribution in [2.24, 2.45) is 0 Å². The van der Waals surface area contributed by atoms with Crippen LogP contribution in [-0.4, -0.2) is 60.2 Å². The lowest BCUT2D eigenvalue weighted by atomic mass is 9.86. The molecule has 0 spiro atoms. The Labute approximate surface area is 228 Å². The van der Waals surface area contributed by atoms with Crippen molar-refractivity contribution in [2.75, 3.05) is 20.7 Å². The molecule has 0 saturated heterocycles. The minimum atomic E-state index is -1.86. The molecule has 1 atom stereocenters. The van der Waals surface area contributed by atoms with Gasteiger partial charge in [-0.1, -0.05) is 32.6 Å². The van der Waals surface area contributed by atoms with E-state index in [1.807, 2.05) is 12.1 Å². The van der Waals surface area contributed by atoms with Crippen LogP contribution in [0.4, 0.5) is 0 Å². The maximum absolute atomic E-state index is 13.6. The van der Waals surface area contributed by atoms with E-state index in [9.17, 15) is 19.5 Å². The molecule has 0 bridgehead atoms. The number of amides is 1. The lowest BCUT2D eigenvalue weighted by Gasteiger charge is -2.31. The van der Waals surface area contributed by atoms with Gasteiger partial charge < -0.3 is 24.0 Å². The molecule has 2 aliphatic heterocycles. The number of hydrogen-bond acceptors (Lipinski definition) is 7. The summed E-state index contributed by atoms with van der Waals surface area (Å²) in [5.41, 5.74) is 2.62. The van der Waals surface area contributed by atoms with Crippen molar-refractivity contribution < 1.29 is 24.2 Å². The molecule has 2 aromatic heterocycles. The molecule has 3 aromatic rings. The molecule has 1 N–H and O–H groups in total. The van der Waals surface area contributed by atoms with Crippen molar-refractivity contribution in [3.8, 4) is 17.1 Å². The van der Waals surface area contributed by atoms with Crippen LogP contribution in [0.5, 0.6) is 5.75 Å². The minimum Gasteiger partial charge on any atom is -0.484 e. The Morgan fingerprint density at radius 2 is 1.95 bits per heavy atom. The molecular formula is C29H35N3O6Si. The van der Waals surface area contributed by atoms with Crippen molar-refractivity contribution >= 4 is 30.9 Å². The summed E-state index contributed by atoms with van der Waals surface area (Å²) in [6, 6.07) is 8.40. The van der Waals surface area contributed by atoms with Crippen LogP contribution < -0.4 is 10.3 Å². The summed E-state index contributed by atoms with van der Waals surface area (Å²) in [6.07, 6.45) is 0.917. The maximum Gasteiger partial charge on any atom is 0.343 e. The van der Waals surface area contributed by atoms with Crippen LogP contribution in [0.1, 0.15) is 35.6 Å². The number of nitrogens with zero attached hydrogens (tertiary/aromatic N) is 3. The smallest absolute Gasteiger partial charge is 0.343 e. The van der Waals surface area contributed by atoms with E-state index in [1.54, 1.807) is 37.7 Å². The van der Waals surface area contributed by atoms with E-state index in [0.717, 1.165) is 34.5 Å². The van der Waals surface area contributed by atoms with Gasteiger partial charge in [-0.25, -0.2) is 9.78 Å². The summed E-state index contributed by atoms with van der Waals surface area (Å²) in [5, 5.41) is 12.1. The zero-order chi connectivity index (χ0) is 28.3. The largest absolute Gasteiger partial charge is 0.484 e.